The molecule has 0 spiro atoms. The Bertz CT molecular complexity index is 2380. The molecular weight excluding hydrogens is 714 g/mol. The second-order valence-electron chi connectivity index (χ2n) is 11.4. The van der Waals surface area contributed by atoms with Crippen LogP contribution in [-0.2, 0) is 24.0 Å². The normalized spacial score (nSPS) is 10.0. The van der Waals surface area contributed by atoms with Crippen LogP contribution in [0, 0.1) is 11.8 Å². The van der Waals surface area contributed by atoms with E-state index in [2.05, 4.69) is 44.7 Å². The molecule has 4 aromatic carbocycles. The molecule has 0 saturated heterocycles. The van der Waals surface area contributed by atoms with Crippen molar-refractivity contribution in [1.29, 1.82) is 0 Å². The number of ether oxygens (including phenoxy) is 5. The lowest BCUT2D eigenvalue weighted by Gasteiger charge is -2.15. The first-order valence-electron chi connectivity index (χ1n) is 15.8. The second-order valence-corrected chi connectivity index (χ2v) is 11.4. The molecular formula is C43H30F2O10. The number of carbonyl (C=O) groups is 5. The Morgan fingerprint density at radius 1 is 0.527 bits per heavy atom. The maximum Gasteiger partial charge on any atom is 0.371 e. The van der Waals surface area contributed by atoms with E-state index in [9.17, 15) is 32.8 Å². The van der Waals surface area contributed by atoms with Crippen molar-refractivity contribution in [3.8, 4) is 62.8 Å². The first-order valence-corrected chi connectivity index (χ1v) is 15.8. The Hall–Kier alpha value is -7.65. The third kappa shape index (κ3) is 10.7. The van der Waals surface area contributed by atoms with E-state index < -0.39 is 41.5 Å². The van der Waals surface area contributed by atoms with Crippen LogP contribution in [0.1, 0.15) is 25.0 Å². The lowest BCUT2D eigenvalue weighted by molar-refractivity contribution is -0.132. The van der Waals surface area contributed by atoms with E-state index in [0.29, 0.717) is 16.7 Å². The predicted octanol–water partition coefficient (Wildman–Crippen LogP) is 8.25. The summed E-state index contributed by atoms with van der Waals surface area (Å²) < 4.78 is 53.9. The van der Waals surface area contributed by atoms with Crippen LogP contribution in [0.3, 0.4) is 0 Å². The van der Waals surface area contributed by atoms with Crippen molar-refractivity contribution in [2.75, 3.05) is 0 Å². The number of halogens is 2. The second kappa shape index (κ2) is 17.7. The van der Waals surface area contributed by atoms with E-state index >= 15 is 0 Å². The monoisotopic (exact) mass is 744 g/mol. The van der Waals surface area contributed by atoms with Crippen molar-refractivity contribution in [1.82, 2.24) is 0 Å². The van der Waals surface area contributed by atoms with Gasteiger partial charge in [0.1, 0.15) is 28.7 Å². The van der Waals surface area contributed by atoms with E-state index in [0.717, 1.165) is 6.08 Å². The fourth-order valence-electron chi connectivity index (χ4n) is 4.40. The summed E-state index contributed by atoms with van der Waals surface area (Å²) in [4.78, 5) is 60.8. The number of carbonyl (C=O) groups excluding carboxylic acids is 5. The van der Waals surface area contributed by atoms with Gasteiger partial charge < -0.3 is 23.7 Å². The number of benzene rings is 4. The topological polar surface area (TPSA) is 132 Å². The molecule has 0 bridgehead atoms. The third-order valence-corrected chi connectivity index (χ3v) is 7.07. The summed E-state index contributed by atoms with van der Waals surface area (Å²) in [5.41, 5.74) is 2.02. The Kier molecular flexibility index (Phi) is 12.9. The van der Waals surface area contributed by atoms with E-state index in [1.54, 1.807) is 24.3 Å². The van der Waals surface area contributed by atoms with Crippen LogP contribution >= 0.6 is 0 Å². The summed E-state index contributed by atoms with van der Waals surface area (Å²) in [6, 6.07) is 19.0. The molecule has 0 atom stereocenters. The zero-order chi connectivity index (χ0) is 40.4. The van der Waals surface area contributed by atoms with Gasteiger partial charge in [0.25, 0.3) is 0 Å². The van der Waals surface area contributed by atoms with Crippen LogP contribution in [-0.4, -0.2) is 29.8 Å². The van der Waals surface area contributed by atoms with Gasteiger partial charge >= 0.3 is 29.8 Å². The van der Waals surface area contributed by atoms with Gasteiger partial charge in [0.2, 0.25) is 11.7 Å². The average Bonchev–Trinajstić information content (AvgIpc) is 3.14. The first kappa shape index (κ1) is 40.1. The third-order valence-electron chi connectivity index (χ3n) is 7.07. The molecule has 0 heterocycles. The van der Waals surface area contributed by atoms with Gasteiger partial charge in [-0.3, -0.25) is 0 Å². The highest BCUT2D eigenvalue weighted by atomic mass is 19.1. The van der Waals surface area contributed by atoms with Gasteiger partial charge in [-0.1, -0.05) is 56.9 Å². The standard InChI is InChI=1S/C43H30F2O10/c1-8-39(46)53-38-23-32(52-41(48)25(4)5)17-20-35(38)34-19-12-29(22-37(34)55-43(50)27(7)45)10-9-28-11-18-33(36(21-28)54-42(49)26(6)44)30-13-15-31(16-14-30)51-40(47)24(2)3/h8,11-23H,1-2,4,6-7H2,3,5H3. The molecule has 0 saturated carbocycles. The summed E-state index contributed by atoms with van der Waals surface area (Å²) in [7, 11) is 0. The van der Waals surface area contributed by atoms with Gasteiger partial charge in [-0.2, -0.15) is 8.78 Å². The van der Waals surface area contributed by atoms with Crippen LogP contribution < -0.4 is 23.7 Å². The van der Waals surface area contributed by atoms with Gasteiger partial charge in [-0.05, 0) is 80.1 Å². The van der Waals surface area contributed by atoms with E-state index in [1.165, 1.54) is 68.4 Å². The largest absolute Gasteiger partial charge is 0.423 e. The molecule has 0 radical (unpaired) electrons. The molecule has 10 nitrogen and oxygen atoms in total. The van der Waals surface area contributed by atoms with Crippen molar-refractivity contribution in [3.63, 3.8) is 0 Å². The van der Waals surface area contributed by atoms with E-state index in [1.807, 2.05) is 0 Å². The van der Waals surface area contributed by atoms with Crippen molar-refractivity contribution < 1.29 is 56.4 Å². The molecule has 12 heteroatoms. The highest BCUT2D eigenvalue weighted by Gasteiger charge is 2.20. The Morgan fingerprint density at radius 3 is 1.42 bits per heavy atom. The summed E-state index contributed by atoms with van der Waals surface area (Å²) in [6.07, 6.45) is 0.899. The van der Waals surface area contributed by atoms with Crippen LogP contribution in [0.4, 0.5) is 8.78 Å². The zero-order valence-electron chi connectivity index (χ0n) is 29.5. The molecule has 55 heavy (non-hydrogen) atoms. The lowest BCUT2D eigenvalue weighted by Crippen LogP contribution is -2.10. The molecule has 0 aliphatic heterocycles. The van der Waals surface area contributed by atoms with E-state index in [-0.39, 0.29) is 56.6 Å². The van der Waals surface area contributed by atoms with Gasteiger partial charge in [-0.25, -0.2) is 24.0 Å². The zero-order valence-corrected chi connectivity index (χ0v) is 29.5. The molecule has 4 rings (SSSR count). The summed E-state index contributed by atoms with van der Waals surface area (Å²) in [5, 5.41) is 0. The van der Waals surface area contributed by atoms with Gasteiger partial charge in [0, 0.05) is 51.1 Å². The molecule has 0 unspecified atom stereocenters. The lowest BCUT2D eigenvalue weighted by atomic mass is 10.0. The average molecular weight is 745 g/mol. The summed E-state index contributed by atoms with van der Waals surface area (Å²) in [6.45, 7) is 19.3. The smallest absolute Gasteiger partial charge is 0.371 e. The minimum atomic E-state index is -1.42. The molecule has 4 aromatic rings. The SMILES string of the molecule is C=CC(=O)Oc1cc(OC(=O)C(=C)C)ccc1-c1ccc(C#Cc2ccc(-c3ccc(OC(=O)C(=C)C)cc3)c(OC(=O)C(=C)F)c2)cc1OC(=O)C(=C)F. The minimum absolute atomic E-state index is 0.00483. The Morgan fingerprint density at radius 2 is 0.945 bits per heavy atom. The molecule has 276 valence electrons. The predicted molar refractivity (Wildman–Crippen MR) is 198 cm³/mol. The molecule has 0 N–H and O–H groups in total. The molecule has 0 aliphatic carbocycles. The molecule has 0 amide bonds. The fraction of sp³-hybridized carbons (Fsp3) is 0.0465. The van der Waals surface area contributed by atoms with E-state index in [4.69, 9.17) is 23.7 Å². The number of hydrogen-bond donors (Lipinski definition) is 0. The van der Waals surface area contributed by atoms with Crippen LogP contribution in [0.5, 0.6) is 28.7 Å². The van der Waals surface area contributed by atoms with Crippen LogP contribution in [0.2, 0.25) is 0 Å². The van der Waals surface area contributed by atoms with Crippen LogP contribution in [0.15, 0.2) is 141 Å². The number of rotatable bonds is 12. The van der Waals surface area contributed by atoms with Gasteiger partial charge in [0.05, 0.1) is 0 Å². The molecule has 0 aromatic heterocycles. The van der Waals surface area contributed by atoms with Gasteiger partial charge in [0.15, 0.2) is 0 Å². The summed E-state index contributed by atoms with van der Waals surface area (Å²) >= 11 is 0. The molecule has 0 aliphatic rings. The quantitative estimate of drug-likeness (QED) is 0.0605. The summed E-state index contributed by atoms with van der Waals surface area (Å²) in [5.74, 6) is -2.17. The highest BCUT2D eigenvalue weighted by Crippen LogP contribution is 2.40. The minimum Gasteiger partial charge on any atom is -0.423 e. The fourth-order valence-corrected chi connectivity index (χ4v) is 4.40. The number of esters is 5. The maximum atomic E-state index is 13.8. The number of hydrogen-bond acceptors (Lipinski definition) is 10. The maximum absolute atomic E-state index is 13.8. The highest BCUT2D eigenvalue weighted by molar-refractivity contribution is 5.92. The van der Waals surface area contributed by atoms with Crippen LogP contribution in [0.25, 0.3) is 22.3 Å². The Labute approximate surface area is 314 Å². The van der Waals surface area contributed by atoms with Gasteiger partial charge in [-0.15, -0.1) is 0 Å². The van der Waals surface area contributed by atoms with Crippen molar-refractivity contribution in [2.24, 2.45) is 0 Å². The molecule has 0 fully saturated rings. The first-order chi connectivity index (χ1) is 26.1. The van der Waals surface area contributed by atoms with Crippen molar-refractivity contribution in [2.45, 2.75) is 13.8 Å². The Balaban J connectivity index is 1.77. The van der Waals surface area contributed by atoms with Crippen molar-refractivity contribution in [3.05, 3.63) is 152 Å². The van der Waals surface area contributed by atoms with Crippen molar-refractivity contribution >= 4 is 29.8 Å².